The molecule has 7 heteroatoms. The molecule has 1 N–H and O–H groups in total. The van der Waals surface area contributed by atoms with Crippen LogP contribution in [0.15, 0.2) is 66.0 Å². The molecule has 2 heterocycles. The number of benzene rings is 2. The van der Waals surface area contributed by atoms with Gasteiger partial charge in [0.2, 0.25) is 11.8 Å². The van der Waals surface area contributed by atoms with E-state index in [-0.39, 0.29) is 23.0 Å². The molecule has 4 nitrogen and oxygen atoms in total. The second kappa shape index (κ2) is 8.16. The van der Waals surface area contributed by atoms with Gasteiger partial charge in [-0.05, 0) is 47.3 Å². The fraction of sp³-hybridized carbons (Fsp3) is 0.143. The summed E-state index contributed by atoms with van der Waals surface area (Å²) in [6.45, 7) is 0. The van der Waals surface area contributed by atoms with Crippen LogP contribution in [-0.4, -0.2) is 17.6 Å². The van der Waals surface area contributed by atoms with Crippen LogP contribution in [0, 0.1) is 5.82 Å². The number of anilines is 2. The van der Waals surface area contributed by atoms with E-state index in [0.717, 1.165) is 10.4 Å². The molecule has 0 saturated carbocycles. The minimum atomic E-state index is -0.371. The fourth-order valence-electron chi connectivity index (χ4n) is 3.08. The highest BCUT2D eigenvalue weighted by atomic mass is 32.2. The van der Waals surface area contributed by atoms with Gasteiger partial charge < -0.3 is 5.32 Å². The Balaban J connectivity index is 1.48. The number of amides is 2. The highest BCUT2D eigenvalue weighted by molar-refractivity contribution is 8.00. The Kier molecular flexibility index (Phi) is 5.45. The summed E-state index contributed by atoms with van der Waals surface area (Å²) >= 11 is 3.06. The first-order valence-corrected chi connectivity index (χ1v) is 10.6. The van der Waals surface area contributed by atoms with Gasteiger partial charge >= 0.3 is 0 Å². The van der Waals surface area contributed by atoms with Gasteiger partial charge in [-0.3, -0.25) is 14.5 Å². The summed E-state index contributed by atoms with van der Waals surface area (Å²) < 4.78 is 13.6. The van der Waals surface area contributed by atoms with Gasteiger partial charge in [0, 0.05) is 16.3 Å². The maximum absolute atomic E-state index is 13.6. The molecule has 0 bridgehead atoms. The van der Waals surface area contributed by atoms with Gasteiger partial charge in [-0.1, -0.05) is 24.3 Å². The third-order valence-corrected chi connectivity index (χ3v) is 6.44. The van der Waals surface area contributed by atoms with E-state index in [2.05, 4.69) is 5.32 Å². The van der Waals surface area contributed by atoms with Crippen LogP contribution in [-0.2, 0) is 16.0 Å². The first kappa shape index (κ1) is 18.7. The average molecular weight is 413 g/mol. The lowest BCUT2D eigenvalue weighted by molar-refractivity contribution is -0.116. The van der Waals surface area contributed by atoms with Crippen molar-refractivity contribution in [1.29, 1.82) is 0 Å². The van der Waals surface area contributed by atoms with Gasteiger partial charge in [0.15, 0.2) is 0 Å². The van der Waals surface area contributed by atoms with Gasteiger partial charge in [-0.25, -0.2) is 4.39 Å². The number of hydrogen-bond acceptors (Lipinski definition) is 4. The van der Waals surface area contributed by atoms with Crippen molar-refractivity contribution in [3.63, 3.8) is 0 Å². The third-order valence-electron chi connectivity index (χ3n) is 4.35. The highest BCUT2D eigenvalue weighted by Crippen LogP contribution is 2.42. The molecular formula is C21H17FN2O2S2. The molecule has 0 aliphatic carbocycles. The zero-order valence-electron chi connectivity index (χ0n) is 14.8. The van der Waals surface area contributed by atoms with E-state index in [0.29, 0.717) is 23.5 Å². The molecule has 1 saturated heterocycles. The molecule has 142 valence electrons. The van der Waals surface area contributed by atoms with E-state index < -0.39 is 0 Å². The number of carbonyl (C=O) groups excluding carboxylic acids is 2. The minimum absolute atomic E-state index is 0.0473. The number of nitrogens with one attached hydrogen (secondary N) is 1. The van der Waals surface area contributed by atoms with Crippen LogP contribution in [0.1, 0.15) is 15.8 Å². The van der Waals surface area contributed by atoms with Gasteiger partial charge in [-0.15, -0.1) is 23.1 Å². The molecule has 1 fully saturated rings. The lowest BCUT2D eigenvalue weighted by Gasteiger charge is -2.24. The first-order chi connectivity index (χ1) is 13.6. The monoisotopic (exact) mass is 412 g/mol. The van der Waals surface area contributed by atoms with Gasteiger partial charge in [0.05, 0.1) is 12.2 Å². The van der Waals surface area contributed by atoms with Crippen LogP contribution in [0.4, 0.5) is 15.8 Å². The Morgan fingerprint density at radius 1 is 1.14 bits per heavy atom. The summed E-state index contributed by atoms with van der Waals surface area (Å²) in [5.74, 6) is -0.138. The van der Waals surface area contributed by atoms with E-state index in [4.69, 9.17) is 0 Å². The van der Waals surface area contributed by atoms with Crippen LogP contribution in [0.2, 0.25) is 0 Å². The van der Waals surface area contributed by atoms with Gasteiger partial charge in [0.25, 0.3) is 0 Å². The minimum Gasteiger partial charge on any atom is -0.326 e. The quantitative estimate of drug-likeness (QED) is 0.652. The predicted molar refractivity (Wildman–Crippen MR) is 112 cm³/mol. The Morgan fingerprint density at radius 3 is 2.68 bits per heavy atom. The summed E-state index contributed by atoms with van der Waals surface area (Å²) in [7, 11) is 0. The standard InChI is InChI=1S/C21H17FN2O2S2/c22-15-3-1-4-17(11-15)24-20(26)13-28-21(24)14-6-8-16(9-7-14)23-19(25)12-18-5-2-10-27-18/h1-11,21H,12-13H2,(H,23,25)/t21-/m0/s1. The second-order valence-corrected chi connectivity index (χ2v) is 8.43. The predicted octanol–water partition coefficient (Wildman–Crippen LogP) is 4.85. The van der Waals surface area contributed by atoms with Crippen LogP contribution < -0.4 is 10.2 Å². The van der Waals surface area contributed by atoms with Crippen molar-refractivity contribution in [3.8, 4) is 0 Å². The molecule has 1 aliphatic heterocycles. The van der Waals surface area contributed by atoms with Crippen molar-refractivity contribution >= 4 is 46.3 Å². The number of rotatable bonds is 5. The summed E-state index contributed by atoms with van der Waals surface area (Å²) in [6, 6.07) is 17.4. The molecule has 2 amide bonds. The number of thiophene rings is 1. The van der Waals surface area contributed by atoms with Crippen molar-refractivity contribution in [2.45, 2.75) is 11.8 Å². The van der Waals surface area contributed by atoms with E-state index in [1.54, 1.807) is 28.4 Å². The van der Waals surface area contributed by atoms with Crippen LogP contribution in [0.25, 0.3) is 0 Å². The molecular weight excluding hydrogens is 395 g/mol. The second-order valence-electron chi connectivity index (χ2n) is 6.33. The SMILES string of the molecule is O=C(Cc1cccs1)Nc1ccc([C@@H]2SCC(=O)N2c2cccc(F)c2)cc1. The molecule has 0 radical (unpaired) electrons. The zero-order chi connectivity index (χ0) is 19.5. The van der Waals surface area contributed by atoms with E-state index >= 15 is 0 Å². The molecule has 0 unspecified atom stereocenters. The Bertz CT molecular complexity index is 990. The maximum atomic E-state index is 13.6. The molecule has 1 atom stereocenters. The Hall–Kier alpha value is -2.64. The number of thioether (sulfide) groups is 1. The first-order valence-electron chi connectivity index (χ1n) is 8.71. The van der Waals surface area contributed by atoms with Crippen LogP contribution >= 0.6 is 23.1 Å². The molecule has 1 aliphatic rings. The van der Waals surface area contributed by atoms with Crippen molar-refractivity contribution in [2.24, 2.45) is 0 Å². The highest BCUT2D eigenvalue weighted by Gasteiger charge is 2.34. The summed E-state index contributed by atoms with van der Waals surface area (Å²) in [6.07, 6.45) is 0.347. The van der Waals surface area contributed by atoms with Crippen molar-refractivity contribution in [2.75, 3.05) is 16.0 Å². The van der Waals surface area contributed by atoms with Crippen molar-refractivity contribution in [1.82, 2.24) is 0 Å². The zero-order valence-corrected chi connectivity index (χ0v) is 16.4. The molecule has 3 aromatic rings. The van der Waals surface area contributed by atoms with Crippen molar-refractivity contribution < 1.29 is 14.0 Å². The average Bonchev–Trinajstić information content (AvgIpc) is 3.32. The third kappa shape index (κ3) is 4.10. The van der Waals surface area contributed by atoms with Crippen LogP contribution in [0.3, 0.4) is 0 Å². The Labute approximate surface area is 170 Å². The topological polar surface area (TPSA) is 49.4 Å². The van der Waals surface area contributed by atoms with Crippen LogP contribution in [0.5, 0.6) is 0 Å². The van der Waals surface area contributed by atoms with E-state index in [1.165, 1.54) is 23.9 Å². The Morgan fingerprint density at radius 2 is 1.96 bits per heavy atom. The molecule has 28 heavy (non-hydrogen) atoms. The smallest absolute Gasteiger partial charge is 0.238 e. The normalized spacial score (nSPS) is 16.4. The lowest BCUT2D eigenvalue weighted by Crippen LogP contribution is -2.27. The summed E-state index contributed by atoms with van der Waals surface area (Å²) in [4.78, 5) is 27.1. The number of carbonyl (C=O) groups is 2. The number of hydrogen-bond donors (Lipinski definition) is 1. The lowest BCUT2D eigenvalue weighted by atomic mass is 10.1. The molecule has 1 aromatic heterocycles. The van der Waals surface area contributed by atoms with Gasteiger partial charge in [0.1, 0.15) is 11.2 Å². The van der Waals surface area contributed by atoms with E-state index in [1.807, 2.05) is 41.8 Å². The van der Waals surface area contributed by atoms with Crippen molar-refractivity contribution in [3.05, 3.63) is 82.3 Å². The fourth-order valence-corrected chi connectivity index (χ4v) is 4.96. The number of halogens is 1. The number of nitrogens with zero attached hydrogens (tertiary/aromatic N) is 1. The molecule has 4 rings (SSSR count). The summed E-state index contributed by atoms with van der Waals surface area (Å²) in [5, 5.41) is 4.62. The maximum Gasteiger partial charge on any atom is 0.238 e. The van der Waals surface area contributed by atoms with E-state index in [9.17, 15) is 14.0 Å². The molecule has 0 spiro atoms. The van der Waals surface area contributed by atoms with Gasteiger partial charge in [-0.2, -0.15) is 0 Å². The molecule has 2 aromatic carbocycles. The summed E-state index contributed by atoms with van der Waals surface area (Å²) in [5.41, 5.74) is 2.18. The largest absolute Gasteiger partial charge is 0.326 e.